The van der Waals surface area contributed by atoms with Gasteiger partial charge in [0, 0.05) is 48.3 Å². The van der Waals surface area contributed by atoms with E-state index < -0.39 is 0 Å². The zero-order chi connectivity index (χ0) is 13.0. The van der Waals surface area contributed by atoms with Crippen LogP contribution >= 0.6 is 39.9 Å². The Morgan fingerprint density at radius 2 is 2.05 bits per heavy atom. The van der Waals surface area contributed by atoms with Crippen molar-refractivity contribution in [3.8, 4) is 0 Å². The number of rotatable bonds is 4. The van der Waals surface area contributed by atoms with Crippen LogP contribution < -0.4 is 5.32 Å². The highest BCUT2D eigenvalue weighted by molar-refractivity contribution is 9.10. The first-order valence-electron chi connectivity index (χ1n) is 6.23. The zero-order valence-electron chi connectivity index (χ0n) is 10.6. The molecule has 1 heterocycles. The lowest BCUT2D eigenvalue weighted by molar-refractivity contribution is 0.140. The summed E-state index contributed by atoms with van der Waals surface area (Å²) in [5.74, 6) is 0. The number of nitrogens with zero attached hydrogens (tertiary/aromatic N) is 1. The molecule has 0 aliphatic carbocycles. The molecule has 108 valence electrons. The van der Waals surface area contributed by atoms with Gasteiger partial charge in [-0.15, -0.1) is 12.4 Å². The summed E-state index contributed by atoms with van der Waals surface area (Å²) in [6.07, 6.45) is 0.750. The van der Waals surface area contributed by atoms with Crippen LogP contribution in [0, 0.1) is 0 Å². The number of benzene rings is 1. The first kappa shape index (κ1) is 17.2. The molecule has 0 bridgehead atoms. The number of aliphatic hydroxyl groups excluding tert-OH is 1. The second-order valence-electron chi connectivity index (χ2n) is 4.48. The van der Waals surface area contributed by atoms with Gasteiger partial charge in [-0.2, -0.15) is 0 Å². The highest BCUT2D eigenvalue weighted by atomic mass is 79.9. The lowest BCUT2D eigenvalue weighted by Crippen LogP contribution is -2.45. The molecule has 0 spiro atoms. The fraction of sp³-hybridized carbons (Fsp3) is 0.538. The molecule has 19 heavy (non-hydrogen) atoms. The largest absolute Gasteiger partial charge is 0.396 e. The fourth-order valence-electron chi connectivity index (χ4n) is 2.42. The van der Waals surface area contributed by atoms with Gasteiger partial charge in [-0.1, -0.05) is 33.6 Å². The SMILES string of the molecule is Cl.OCC[C@H](c1ccc(Cl)cc1Br)N1CCNCC1. The van der Waals surface area contributed by atoms with E-state index in [0.717, 1.165) is 42.1 Å². The topological polar surface area (TPSA) is 35.5 Å². The van der Waals surface area contributed by atoms with Gasteiger partial charge in [-0.05, 0) is 24.1 Å². The molecule has 1 aromatic rings. The Kier molecular flexibility index (Phi) is 7.65. The van der Waals surface area contributed by atoms with Gasteiger partial charge in [0.15, 0.2) is 0 Å². The molecule has 1 fully saturated rings. The van der Waals surface area contributed by atoms with E-state index in [4.69, 9.17) is 11.6 Å². The predicted octanol–water partition coefficient (Wildman–Crippen LogP) is 2.85. The Bertz CT molecular complexity index is 400. The van der Waals surface area contributed by atoms with Gasteiger partial charge in [0.25, 0.3) is 0 Å². The summed E-state index contributed by atoms with van der Waals surface area (Å²) in [7, 11) is 0. The minimum absolute atomic E-state index is 0. The third kappa shape index (κ3) is 4.59. The second-order valence-corrected chi connectivity index (χ2v) is 5.77. The van der Waals surface area contributed by atoms with Crippen molar-refractivity contribution in [2.75, 3.05) is 32.8 Å². The zero-order valence-corrected chi connectivity index (χ0v) is 13.8. The van der Waals surface area contributed by atoms with E-state index in [1.807, 2.05) is 12.1 Å². The van der Waals surface area contributed by atoms with E-state index in [2.05, 4.69) is 32.2 Å². The number of hydrogen-bond acceptors (Lipinski definition) is 3. The van der Waals surface area contributed by atoms with Crippen LogP contribution in [0.4, 0.5) is 0 Å². The highest BCUT2D eigenvalue weighted by Gasteiger charge is 2.23. The molecule has 2 rings (SSSR count). The third-order valence-corrected chi connectivity index (χ3v) is 4.24. The van der Waals surface area contributed by atoms with Crippen LogP contribution in [0.3, 0.4) is 0 Å². The summed E-state index contributed by atoms with van der Waals surface area (Å²) in [4.78, 5) is 2.42. The summed E-state index contributed by atoms with van der Waals surface area (Å²) in [6, 6.07) is 6.13. The van der Waals surface area contributed by atoms with Gasteiger partial charge >= 0.3 is 0 Å². The molecular weight excluding hydrogens is 351 g/mol. The van der Waals surface area contributed by atoms with Gasteiger partial charge in [0.05, 0.1) is 0 Å². The van der Waals surface area contributed by atoms with Crippen LogP contribution in [0.25, 0.3) is 0 Å². The van der Waals surface area contributed by atoms with Gasteiger partial charge in [-0.25, -0.2) is 0 Å². The van der Waals surface area contributed by atoms with Gasteiger partial charge in [0.2, 0.25) is 0 Å². The van der Waals surface area contributed by atoms with E-state index in [1.54, 1.807) is 0 Å². The van der Waals surface area contributed by atoms with E-state index >= 15 is 0 Å². The van der Waals surface area contributed by atoms with Crippen molar-refractivity contribution in [3.63, 3.8) is 0 Å². The van der Waals surface area contributed by atoms with Crippen molar-refractivity contribution in [2.45, 2.75) is 12.5 Å². The number of hydrogen-bond donors (Lipinski definition) is 2. The average Bonchev–Trinajstić information content (AvgIpc) is 2.38. The molecule has 1 atom stereocenters. The Hall–Kier alpha value is 0.160. The lowest BCUT2D eigenvalue weighted by Gasteiger charge is -2.35. The predicted molar refractivity (Wildman–Crippen MR) is 85.3 cm³/mol. The first-order valence-corrected chi connectivity index (χ1v) is 7.40. The summed E-state index contributed by atoms with van der Waals surface area (Å²) in [5, 5.41) is 13.4. The van der Waals surface area contributed by atoms with Crippen LogP contribution in [-0.2, 0) is 0 Å². The van der Waals surface area contributed by atoms with Crippen LogP contribution in [0.1, 0.15) is 18.0 Å². The molecule has 0 unspecified atom stereocenters. The van der Waals surface area contributed by atoms with Crippen LogP contribution in [0.2, 0.25) is 5.02 Å². The van der Waals surface area contributed by atoms with Gasteiger partial charge < -0.3 is 10.4 Å². The first-order chi connectivity index (χ1) is 8.72. The summed E-state index contributed by atoms with van der Waals surface area (Å²) in [6.45, 7) is 4.24. The van der Waals surface area contributed by atoms with Crippen LogP contribution in [0.5, 0.6) is 0 Å². The maximum absolute atomic E-state index is 9.29. The van der Waals surface area contributed by atoms with Crippen LogP contribution in [0.15, 0.2) is 22.7 Å². The lowest BCUT2D eigenvalue weighted by atomic mass is 10.0. The summed E-state index contributed by atoms with van der Waals surface area (Å²) in [5.41, 5.74) is 1.20. The van der Waals surface area contributed by atoms with Gasteiger partial charge in [0.1, 0.15) is 0 Å². The van der Waals surface area contributed by atoms with Crippen molar-refractivity contribution >= 4 is 39.9 Å². The van der Waals surface area contributed by atoms with Crippen molar-refractivity contribution < 1.29 is 5.11 Å². The Morgan fingerprint density at radius 3 is 2.63 bits per heavy atom. The molecule has 0 aromatic heterocycles. The average molecular weight is 370 g/mol. The molecule has 0 saturated carbocycles. The molecule has 2 N–H and O–H groups in total. The van der Waals surface area contributed by atoms with E-state index in [-0.39, 0.29) is 25.1 Å². The molecule has 3 nitrogen and oxygen atoms in total. The molecule has 1 saturated heterocycles. The van der Waals surface area contributed by atoms with Crippen molar-refractivity contribution in [3.05, 3.63) is 33.3 Å². The van der Waals surface area contributed by atoms with Gasteiger partial charge in [-0.3, -0.25) is 4.90 Å². The summed E-state index contributed by atoms with van der Waals surface area (Å²) < 4.78 is 1.02. The minimum atomic E-state index is 0. The standard InChI is InChI=1S/C13H18BrClN2O.ClH/c14-12-9-10(15)1-2-11(12)13(3-8-18)17-6-4-16-5-7-17;/h1-2,9,13,16,18H,3-8H2;1H/t13-;/m1./s1. The molecule has 1 aromatic carbocycles. The monoisotopic (exact) mass is 368 g/mol. The molecule has 0 amide bonds. The van der Waals surface area contributed by atoms with Crippen molar-refractivity contribution in [1.82, 2.24) is 10.2 Å². The van der Waals surface area contributed by atoms with Crippen molar-refractivity contribution in [1.29, 1.82) is 0 Å². The molecule has 1 aliphatic heterocycles. The third-order valence-electron chi connectivity index (χ3n) is 3.32. The Morgan fingerprint density at radius 1 is 1.37 bits per heavy atom. The molecular formula is C13H19BrCl2N2O. The Labute approximate surface area is 133 Å². The quantitative estimate of drug-likeness (QED) is 0.856. The maximum atomic E-state index is 9.29. The highest BCUT2D eigenvalue weighted by Crippen LogP contribution is 2.32. The Balaban J connectivity index is 0.00000180. The number of piperazine rings is 1. The summed E-state index contributed by atoms with van der Waals surface area (Å²) >= 11 is 9.56. The minimum Gasteiger partial charge on any atom is -0.396 e. The maximum Gasteiger partial charge on any atom is 0.0449 e. The van der Waals surface area contributed by atoms with E-state index in [9.17, 15) is 5.11 Å². The number of halogens is 3. The van der Waals surface area contributed by atoms with E-state index in [0.29, 0.717) is 0 Å². The molecule has 6 heteroatoms. The molecule has 0 radical (unpaired) electrons. The molecule has 1 aliphatic rings. The van der Waals surface area contributed by atoms with E-state index in [1.165, 1.54) is 5.56 Å². The fourth-order valence-corrected chi connectivity index (χ4v) is 3.37. The smallest absolute Gasteiger partial charge is 0.0449 e. The van der Waals surface area contributed by atoms with Crippen molar-refractivity contribution in [2.24, 2.45) is 0 Å². The second kappa shape index (κ2) is 8.45. The normalized spacial score (nSPS) is 17.8. The number of aliphatic hydroxyl groups is 1. The van der Waals surface area contributed by atoms with Crippen LogP contribution in [-0.4, -0.2) is 42.8 Å². The number of nitrogens with one attached hydrogen (secondary N) is 1.